The standard InChI is InChI=1S/C11H14N2O2/c1-13(2)11(15)7-5-9-8(3-4-12-9)10(14)6-7/h3-4,7,12H,5-6H2,1-2H3. The van der Waals surface area contributed by atoms with Gasteiger partial charge in [0.05, 0.1) is 5.92 Å². The van der Waals surface area contributed by atoms with Crippen LogP contribution in [0.25, 0.3) is 0 Å². The lowest BCUT2D eigenvalue weighted by molar-refractivity contribution is -0.133. The van der Waals surface area contributed by atoms with Crippen LogP contribution in [0.4, 0.5) is 0 Å². The summed E-state index contributed by atoms with van der Waals surface area (Å²) in [5, 5.41) is 0. The van der Waals surface area contributed by atoms with Gasteiger partial charge in [0, 0.05) is 44.4 Å². The van der Waals surface area contributed by atoms with Gasteiger partial charge in [0.2, 0.25) is 5.91 Å². The van der Waals surface area contributed by atoms with E-state index in [1.54, 1.807) is 31.3 Å². The van der Waals surface area contributed by atoms with Gasteiger partial charge in [-0.3, -0.25) is 9.59 Å². The van der Waals surface area contributed by atoms with E-state index in [0.29, 0.717) is 12.8 Å². The smallest absolute Gasteiger partial charge is 0.226 e. The molecule has 0 spiro atoms. The van der Waals surface area contributed by atoms with Crippen molar-refractivity contribution in [3.8, 4) is 0 Å². The largest absolute Gasteiger partial charge is 0.364 e. The summed E-state index contributed by atoms with van der Waals surface area (Å²) in [6, 6.07) is 1.79. The minimum absolute atomic E-state index is 0.0311. The zero-order valence-electron chi connectivity index (χ0n) is 8.91. The first-order valence-electron chi connectivity index (χ1n) is 5.00. The number of Topliss-reactive ketones (excluding diaryl/α,β-unsaturated/α-hetero) is 1. The molecule has 0 saturated heterocycles. The van der Waals surface area contributed by atoms with Crippen molar-refractivity contribution in [2.45, 2.75) is 12.8 Å². The van der Waals surface area contributed by atoms with Crippen molar-refractivity contribution >= 4 is 11.7 Å². The van der Waals surface area contributed by atoms with Gasteiger partial charge in [0.15, 0.2) is 5.78 Å². The van der Waals surface area contributed by atoms with Crippen LogP contribution in [0, 0.1) is 5.92 Å². The Morgan fingerprint density at radius 2 is 2.20 bits per heavy atom. The molecule has 0 bridgehead atoms. The fourth-order valence-electron chi connectivity index (χ4n) is 2.03. The number of ketones is 1. The quantitative estimate of drug-likeness (QED) is 0.740. The summed E-state index contributed by atoms with van der Waals surface area (Å²) < 4.78 is 0. The molecule has 80 valence electrons. The van der Waals surface area contributed by atoms with E-state index in [1.165, 1.54) is 0 Å². The lowest BCUT2D eigenvalue weighted by atomic mass is 9.86. The number of rotatable bonds is 1. The molecular weight excluding hydrogens is 192 g/mol. The molecule has 0 aromatic carbocycles. The zero-order chi connectivity index (χ0) is 11.0. The van der Waals surface area contributed by atoms with E-state index in [4.69, 9.17) is 0 Å². The highest BCUT2D eigenvalue weighted by Crippen LogP contribution is 2.25. The maximum Gasteiger partial charge on any atom is 0.226 e. The molecule has 1 unspecified atom stereocenters. The second kappa shape index (κ2) is 3.53. The fourth-order valence-corrected chi connectivity index (χ4v) is 2.03. The lowest BCUT2D eigenvalue weighted by Gasteiger charge is -2.23. The van der Waals surface area contributed by atoms with Gasteiger partial charge in [0.25, 0.3) is 0 Å². The number of nitrogens with one attached hydrogen (secondary N) is 1. The Bertz CT molecular complexity index is 406. The molecule has 1 N–H and O–H groups in total. The first-order valence-corrected chi connectivity index (χ1v) is 5.00. The summed E-state index contributed by atoms with van der Waals surface area (Å²) in [4.78, 5) is 28.0. The minimum atomic E-state index is -0.196. The van der Waals surface area contributed by atoms with Crippen LogP contribution in [0.1, 0.15) is 22.5 Å². The average molecular weight is 206 g/mol. The van der Waals surface area contributed by atoms with E-state index in [0.717, 1.165) is 11.3 Å². The van der Waals surface area contributed by atoms with E-state index in [9.17, 15) is 9.59 Å². The summed E-state index contributed by atoms with van der Waals surface area (Å²) >= 11 is 0. The Morgan fingerprint density at radius 3 is 2.87 bits per heavy atom. The summed E-state index contributed by atoms with van der Waals surface area (Å²) in [5.41, 5.74) is 1.64. The van der Waals surface area contributed by atoms with Crippen molar-refractivity contribution in [2.24, 2.45) is 5.92 Å². The summed E-state index contributed by atoms with van der Waals surface area (Å²) in [5.74, 6) is -0.0973. The Balaban J connectivity index is 2.23. The van der Waals surface area contributed by atoms with Gasteiger partial charge in [0.1, 0.15) is 0 Å². The molecule has 0 radical (unpaired) electrons. The minimum Gasteiger partial charge on any atom is -0.364 e. The molecule has 1 atom stereocenters. The number of hydrogen-bond acceptors (Lipinski definition) is 2. The van der Waals surface area contributed by atoms with E-state index in [-0.39, 0.29) is 17.6 Å². The van der Waals surface area contributed by atoms with Crippen LogP contribution >= 0.6 is 0 Å². The van der Waals surface area contributed by atoms with Crippen LogP contribution in [-0.2, 0) is 11.2 Å². The number of nitrogens with zero attached hydrogens (tertiary/aromatic N) is 1. The molecule has 4 nitrogen and oxygen atoms in total. The molecule has 0 saturated carbocycles. The second-order valence-corrected chi connectivity index (χ2v) is 4.13. The monoisotopic (exact) mass is 206 g/mol. The molecule has 1 aromatic rings. The van der Waals surface area contributed by atoms with Crippen molar-refractivity contribution in [2.75, 3.05) is 14.1 Å². The van der Waals surface area contributed by atoms with E-state index >= 15 is 0 Å². The van der Waals surface area contributed by atoms with Gasteiger partial charge in [-0.25, -0.2) is 0 Å². The molecule has 4 heteroatoms. The van der Waals surface area contributed by atoms with Gasteiger partial charge in [-0.05, 0) is 6.07 Å². The van der Waals surface area contributed by atoms with Crippen LogP contribution in [-0.4, -0.2) is 35.7 Å². The van der Waals surface area contributed by atoms with E-state index in [1.807, 2.05) is 0 Å². The van der Waals surface area contributed by atoms with E-state index < -0.39 is 0 Å². The first kappa shape index (κ1) is 9.96. The Kier molecular flexibility index (Phi) is 2.34. The van der Waals surface area contributed by atoms with Crippen LogP contribution in [0.5, 0.6) is 0 Å². The third-order valence-corrected chi connectivity index (χ3v) is 2.81. The molecule has 1 aromatic heterocycles. The normalized spacial score (nSPS) is 19.9. The molecular formula is C11H14N2O2. The van der Waals surface area contributed by atoms with Crippen LogP contribution in [0.2, 0.25) is 0 Å². The van der Waals surface area contributed by atoms with Gasteiger partial charge in [-0.15, -0.1) is 0 Å². The summed E-state index contributed by atoms with van der Waals surface area (Å²) in [7, 11) is 3.44. The molecule has 1 heterocycles. The van der Waals surface area contributed by atoms with Crippen molar-refractivity contribution in [1.29, 1.82) is 0 Å². The molecule has 0 aliphatic heterocycles. The zero-order valence-corrected chi connectivity index (χ0v) is 8.91. The highest BCUT2D eigenvalue weighted by molar-refractivity contribution is 6.01. The third kappa shape index (κ3) is 1.67. The van der Waals surface area contributed by atoms with Gasteiger partial charge < -0.3 is 9.88 Å². The van der Waals surface area contributed by atoms with Gasteiger partial charge in [-0.1, -0.05) is 0 Å². The Morgan fingerprint density at radius 1 is 1.47 bits per heavy atom. The SMILES string of the molecule is CN(C)C(=O)C1CC(=O)c2cc[nH]c2C1. The molecule has 1 amide bonds. The average Bonchev–Trinajstić information content (AvgIpc) is 2.64. The number of carbonyl (C=O) groups excluding carboxylic acids is 2. The van der Waals surface area contributed by atoms with Crippen molar-refractivity contribution in [3.05, 3.63) is 23.5 Å². The van der Waals surface area contributed by atoms with Crippen LogP contribution < -0.4 is 0 Å². The number of H-pyrrole nitrogens is 1. The summed E-state index contributed by atoms with van der Waals surface area (Å²) in [6.45, 7) is 0. The van der Waals surface area contributed by atoms with Crippen LogP contribution in [0.3, 0.4) is 0 Å². The predicted molar refractivity (Wildman–Crippen MR) is 55.6 cm³/mol. The number of amides is 1. The molecule has 15 heavy (non-hydrogen) atoms. The number of carbonyl (C=O) groups is 2. The number of fused-ring (bicyclic) bond motifs is 1. The topological polar surface area (TPSA) is 53.2 Å². The lowest BCUT2D eigenvalue weighted by Crippen LogP contribution is -2.34. The molecule has 0 fully saturated rings. The maximum absolute atomic E-state index is 11.7. The molecule has 2 rings (SSSR count). The molecule has 1 aliphatic carbocycles. The highest BCUT2D eigenvalue weighted by atomic mass is 16.2. The highest BCUT2D eigenvalue weighted by Gasteiger charge is 2.31. The van der Waals surface area contributed by atoms with Gasteiger partial charge in [-0.2, -0.15) is 0 Å². The van der Waals surface area contributed by atoms with E-state index in [2.05, 4.69) is 4.98 Å². The van der Waals surface area contributed by atoms with Crippen molar-refractivity contribution < 1.29 is 9.59 Å². The van der Waals surface area contributed by atoms with Crippen LogP contribution in [0.15, 0.2) is 12.3 Å². The first-order chi connectivity index (χ1) is 7.09. The fraction of sp³-hybridized carbons (Fsp3) is 0.455. The van der Waals surface area contributed by atoms with Crippen molar-refractivity contribution in [1.82, 2.24) is 9.88 Å². The third-order valence-electron chi connectivity index (χ3n) is 2.81. The maximum atomic E-state index is 11.7. The number of aromatic amines is 1. The second-order valence-electron chi connectivity index (χ2n) is 4.13. The number of aromatic nitrogens is 1. The van der Waals surface area contributed by atoms with Crippen molar-refractivity contribution in [3.63, 3.8) is 0 Å². The van der Waals surface area contributed by atoms with Gasteiger partial charge >= 0.3 is 0 Å². The predicted octanol–water partition coefficient (Wildman–Crippen LogP) is 0.848. The number of hydrogen-bond donors (Lipinski definition) is 1. The summed E-state index contributed by atoms with van der Waals surface area (Å²) in [6.07, 6.45) is 2.73. The Labute approximate surface area is 88.3 Å². The molecule has 1 aliphatic rings. The Hall–Kier alpha value is -1.58.